The summed E-state index contributed by atoms with van der Waals surface area (Å²) in [5.74, 6) is 0.360. The Hall–Kier alpha value is -0.610. The van der Waals surface area contributed by atoms with Crippen LogP contribution in [0.4, 0.5) is 0 Å². The molecular weight excluding hydrogens is 256 g/mol. The standard InChI is InChI=1S/C16H24O4/c1-3-9-5-12-14(20-12)7-16(9,15(17)18)10-6-13-11(19-13)4-8(10)2/h8-14H,3-7H2,1-2H3,(H,17,18). The minimum Gasteiger partial charge on any atom is -0.481 e. The lowest BCUT2D eigenvalue weighted by Gasteiger charge is -2.48. The third kappa shape index (κ3) is 1.70. The summed E-state index contributed by atoms with van der Waals surface area (Å²) >= 11 is 0. The fourth-order valence-corrected chi connectivity index (χ4v) is 5.29. The van der Waals surface area contributed by atoms with Crippen molar-refractivity contribution in [1.29, 1.82) is 0 Å². The molecule has 112 valence electrons. The molecule has 1 N–H and O–H groups in total. The zero-order valence-electron chi connectivity index (χ0n) is 12.2. The van der Waals surface area contributed by atoms with Gasteiger partial charge in [-0.3, -0.25) is 4.79 Å². The quantitative estimate of drug-likeness (QED) is 0.807. The SMILES string of the molecule is CCC1CC2OC2CC1(C(=O)O)C1CC2OC2CC1C. The minimum absolute atomic E-state index is 0.207. The number of epoxide rings is 2. The largest absolute Gasteiger partial charge is 0.481 e. The van der Waals surface area contributed by atoms with E-state index < -0.39 is 11.4 Å². The molecule has 4 rings (SSSR count). The van der Waals surface area contributed by atoms with Crippen LogP contribution in [0.15, 0.2) is 0 Å². The summed E-state index contributed by atoms with van der Waals surface area (Å²) in [6.07, 6.45) is 5.88. The molecule has 0 aromatic rings. The van der Waals surface area contributed by atoms with Gasteiger partial charge in [0.2, 0.25) is 0 Å². The number of rotatable bonds is 3. The Morgan fingerprint density at radius 1 is 1.15 bits per heavy atom. The van der Waals surface area contributed by atoms with Gasteiger partial charge in [0, 0.05) is 0 Å². The maximum absolute atomic E-state index is 12.3. The zero-order valence-corrected chi connectivity index (χ0v) is 12.2. The van der Waals surface area contributed by atoms with Crippen molar-refractivity contribution < 1.29 is 19.4 Å². The first-order valence-electron chi connectivity index (χ1n) is 8.10. The van der Waals surface area contributed by atoms with Gasteiger partial charge in [0.05, 0.1) is 29.8 Å². The maximum atomic E-state index is 12.3. The smallest absolute Gasteiger partial charge is 0.310 e. The van der Waals surface area contributed by atoms with E-state index in [-0.39, 0.29) is 17.9 Å². The van der Waals surface area contributed by atoms with E-state index in [9.17, 15) is 9.90 Å². The third-order valence-corrected chi connectivity index (χ3v) is 6.49. The maximum Gasteiger partial charge on any atom is 0.310 e. The molecule has 0 amide bonds. The number of hydrogen-bond donors (Lipinski definition) is 1. The lowest BCUT2D eigenvalue weighted by Crippen LogP contribution is -2.52. The number of hydrogen-bond acceptors (Lipinski definition) is 3. The second-order valence-electron chi connectivity index (χ2n) is 7.37. The average Bonchev–Trinajstić information content (AvgIpc) is 3.30. The highest BCUT2D eigenvalue weighted by Gasteiger charge is 2.64. The van der Waals surface area contributed by atoms with E-state index in [1.54, 1.807) is 0 Å². The van der Waals surface area contributed by atoms with E-state index >= 15 is 0 Å². The van der Waals surface area contributed by atoms with Crippen molar-refractivity contribution in [2.75, 3.05) is 0 Å². The Kier molecular flexibility index (Phi) is 2.75. The van der Waals surface area contributed by atoms with E-state index in [1.807, 2.05) is 0 Å². The van der Waals surface area contributed by atoms with E-state index in [4.69, 9.17) is 9.47 Å². The molecule has 2 aliphatic carbocycles. The molecule has 8 unspecified atom stereocenters. The molecule has 4 fully saturated rings. The van der Waals surface area contributed by atoms with E-state index in [0.717, 1.165) is 32.1 Å². The van der Waals surface area contributed by atoms with E-state index in [2.05, 4.69) is 13.8 Å². The number of carboxylic acids is 1. The monoisotopic (exact) mass is 280 g/mol. The summed E-state index contributed by atoms with van der Waals surface area (Å²) in [6.45, 7) is 4.36. The molecule has 2 heterocycles. The average molecular weight is 280 g/mol. The molecular formula is C16H24O4. The van der Waals surface area contributed by atoms with Crippen molar-refractivity contribution in [1.82, 2.24) is 0 Å². The Morgan fingerprint density at radius 3 is 2.50 bits per heavy atom. The van der Waals surface area contributed by atoms with Crippen molar-refractivity contribution in [2.24, 2.45) is 23.2 Å². The molecule has 20 heavy (non-hydrogen) atoms. The molecule has 4 aliphatic rings. The summed E-state index contributed by atoms with van der Waals surface area (Å²) in [5.41, 5.74) is -0.581. The van der Waals surface area contributed by atoms with Crippen LogP contribution in [0.1, 0.15) is 46.0 Å². The molecule has 4 heteroatoms. The second-order valence-corrected chi connectivity index (χ2v) is 7.37. The van der Waals surface area contributed by atoms with Crippen LogP contribution in [0.3, 0.4) is 0 Å². The van der Waals surface area contributed by atoms with Gasteiger partial charge in [0.25, 0.3) is 0 Å². The highest BCUT2D eigenvalue weighted by Crippen LogP contribution is 2.60. The topological polar surface area (TPSA) is 62.4 Å². The number of fused-ring (bicyclic) bond motifs is 2. The van der Waals surface area contributed by atoms with Crippen molar-refractivity contribution in [3.63, 3.8) is 0 Å². The summed E-state index contributed by atoms with van der Waals surface area (Å²) in [4.78, 5) is 12.3. The lowest BCUT2D eigenvalue weighted by molar-refractivity contribution is -0.163. The highest BCUT2D eigenvalue weighted by atomic mass is 16.6. The fourth-order valence-electron chi connectivity index (χ4n) is 5.29. The number of ether oxygens (including phenoxy) is 2. The van der Waals surface area contributed by atoms with Crippen LogP contribution in [-0.2, 0) is 14.3 Å². The van der Waals surface area contributed by atoms with Crippen LogP contribution < -0.4 is 0 Å². The minimum atomic E-state index is -0.589. The predicted octanol–water partition coefficient (Wildman–Crippen LogP) is 2.46. The Labute approximate surface area is 119 Å². The first-order valence-corrected chi connectivity index (χ1v) is 8.10. The van der Waals surface area contributed by atoms with Gasteiger partial charge in [-0.25, -0.2) is 0 Å². The van der Waals surface area contributed by atoms with Gasteiger partial charge in [0.1, 0.15) is 0 Å². The van der Waals surface area contributed by atoms with E-state index in [0.29, 0.717) is 24.2 Å². The normalized spacial score (nSPS) is 56.6. The number of carbonyl (C=O) groups is 1. The zero-order chi connectivity index (χ0) is 14.1. The van der Waals surface area contributed by atoms with Crippen molar-refractivity contribution in [2.45, 2.75) is 70.4 Å². The van der Waals surface area contributed by atoms with E-state index in [1.165, 1.54) is 0 Å². The summed E-state index contributed by atoms with van der Waals surface area (Å²) in [6, 6.07) is 0. The van der Waals surface area contributed by atoms with Crippen molar-refractivity contribution >= 4 is 5.97 Å². The third-order valence-electron chi connectivity index (χ3n) is 6.49. The van der Waals surface area contributed by atoms with Crippen LogP contribution in [-0.4, -0.2) is 35.5 Å². The first-order chi connectivity index (χ1) is 9.56. The molecule has 2 saturated heterocycles. The molecule has 0 spiro atoms. The number of carboxylic acid groups (broad SMARTS) is 1. The molecule has 0 radical (unpaired) electrons. The summed E-state index contributed by atoms with van der Waals surface area (Å²) < 4.78 is 11.4. The molecule has 0 aromatic carbocycles. The second kappa shape index (κ2) is 4.20. The molecule has 0 bridgehead atoms. The van der Waals surface area contributed by atoms with Crippen LogP contribution in [0.2, 0.25) is 0 Å². The summed E-state index contributed by atoms with van der Waals surface area (Å²) in [7, 11) is 0. The van der Waals surface area contributed by atoms with Gasteiger partial charge < -0.3 is 14.6 Å². The van der Waals surface area contributed by atoms with Crippen LogP contribution in [0.5, 0.6) is 0 Å². The fraction of sp³-hybridized carbons (Fsp3) is 0.938. The molecule has 2 aliphatic heterocycles. The van der Waals surface area contributed by atoms with Gasteiger partial charge in [-0.2, -0.15) is 0 Å². The van der Waals surface area contributed by atoms with Gasteiger partial charge >= 0.3 is 5.97 Å². The summed E-state index contributed by atoms with van der Waals surface area (Å²) in [5, 5.41) is 10.1. The molecule has 8 atom stereocenters. The van der Waals surface area contributed by atoms with Gasteiger partial charge in [-0.1, -0.05) is 20.3 Å². The Bertz CT molecular complexity index is 436. The van der Waals surface area contributed by atoms with Gasteiger partial charge in [-0.15, -0.1) is 0 Å². The van der Waals surface area contributed by atoms with Crippen molar-refractivity contribution in [3.05, 3.63) is 0 Å². The predicted molar refractivity (Wildman–Crippen MR) is 72.3 cm³/mol. The Morgan fingerprint density at radius 2 is 1.80 bits per heavy atom. The van der Waals surface area contributed by atoms with Crippen LogP contribution in [0, 0.1) is 23.2 Å². The van der Waals surface area contributed by atoms with Crippen LogP contribution in [0.25, 0.3) is 0 Å². The Balaban J connectivity index is 1.69. The van der Waals surface area contributed by atoms with Gasteiger partial charge in [0.15, 0.2) is 0 Å². The van der Waals surface area contributed by atoms with Crippen molar-refractivity contribution in [3.8, 4) is 0 Å². The highest BCUT2D eigenvalue weighted by molar-refractivity contribution is 5.76. The lowest BCUT2D eigenvalue weighted by atomic mass is 9.53. The molecule has 2 saturated carbocycles. The van der Waals surface area contributed by atoms with Crippen LogP contribution >= 0.6 is 0 Å². The number of aliphatic carboxylic acids is 1. The van der Waals surface area contributed by atoms with Gasteiger partial charge in [-0.05, 0) is 43.4 Å². The first kappa shape index (κ1) is 13.1. The molecule has 0 aromatic heterocycles. The molecule has 4 nitrogen and oxygen atoms in total.